The van der Waals surface area contributed by atoms with Gasteiger partial charge in [-0.15, -0.1) is 0 Å². The molecule has 0 spiro atoms. The molecule has 0 N–H and O–H groups in total. The first-order valence-corrected chi connectivity index (χ1v) is 7.04. The fraction of sp³-hybridized carbons (Fsp3) is 0.235. The second kappa shape index (κ2) is 4.64. The van der Waals surface area contributed by atoms with E-state index in [2.05, 4.69) is 19.1 Å². The van der Waals surface area contributed by atoms with Crippen LogP contribution in [-0.4, -0.2) is 5.91 Å². The first-order valence-electron chi connectivity index (χ1n) is 6.66. The Morgan fingerprint density at radius 2 is 1.75 bits per heavy atom. The molecule has 1 amide bonds. The molecule has 0 bridgehead atoms. The molecule has 0 saturated heterocycles. The largest absolute Gasteiger partial charge is 0.303 e. The molecule has 0 saturated carbocycles. The van der Waals surface area contributed by atoms with Crippen molar-refractivity contribution in [3.8, 4) is 0 Å². The summed E-state index contributed by atoms with van der Waals surface area (Å²) in [5.74, 6) is 0.000605. The van der Waals surface area contributed by atoms with Crippen LogP contribution < -0.4 is 4.90 Å². The zero-order valence-corrected chi connectivity index (χ0v) is 12.6. The number of aryl methyl sites for hydroxylation is 3. The van der Waals surface area contributed by atoms with E-state index in [1.54, 1.807) is 6.07 Å². The van der Waals surface area contributed by atoms with E-state index in [0.717, 1.165) is 22.4 Å². The van der Waals surface area contributed by atoms with Crippen LogP contribution in [-0.2, 0) is 6.54 Å². The van der Waals surface area contributed by atoms with Gasteiger partial charge in [0.05, 0.1) is 22.8 Å². The number of nitrogens with zero attached hydrogens (tertiary/aromatic N) is 1. The Balaban J connectivity index is 2.12. The van der Waals surface area contributed by atoms with E-state index >= 15 is 0 Å². The van der Waals surface area contributed by atoms with Crippen LogP contribution in [0.3, 0.4) is 0 Å². The Morgan fingerprint density at radius 3 is 2.35 bits per heavy atom. The molecule has 0 fully saturated rings. The number of rotatable bonds is 1. The lowest BCUT2D eigenvalue weighted by atomic mass is 10.0. The molecule has 0 unspecified atom stereocenters. The molecule has 0 radical (unpaired) electrons. The van der Waals surface area contributed by atoms with E-state index in [-0.39, 0.29) is 5.91 Å². The summed E-state index contributed by atoms with van der Waals surface area (Å²) in [6.45, 7) is 6.76. The second-order valence-electron chi connectivity index (χ2n) is 5.41. The van der Waals surface area contributed by atoms with Crippen LogP contribution >= 0.6 is 11.6 Å². The van der Waals surface area contributed by atoms with Crippen molar-refractivity contribution < 1.29 is 4.79 Å². The van der Waals surface area contributed by atoms with Crippen molar-refractivity contribution in [2.24, 2.45) is 0 Å². The van der Waals surface area contributed by atoms with Crippen LogP contribution in [0.4, 0.5) is 5.69 Å². The van der Waals surface area contributed by atoms with Gasteiger partial charge in [-0.25, -0.2) is 0 Å². The van der Waals surface area contributed by atoms with Crippen molar-refractivity contribution in [2.45, 2.75) is 27.3 Å². The summed E-state index contributed by atoms with van der Waals surface area (Å²) in [7, 11) is 0. The lowest BCUT2D eigenvalue weighted by Crippen LogP contribution is -2.25. The minimum Gasteiger partial charge on any atom is -0.303 e. The number of hydrogen-bond donors (Lipinski definition) is 0. The molecular formula is C17H16ClNO. The predicted octanol–water partition coefficient (Wildman–Crippen LogP) is 4.43. The third-order valence-electron chi connectivity index (χ3n) is 3.79. The lowest BCUT2D eigenvalue weighted by Gasteiger charge is -2.21. The van der Waals surface area contributed by atoms with Gasteiger partial charge in [0.1, 0.15) is 0 Å². The van der Waals surface area contributed by atoms with Crippen molar-refractivity contribution in [3.63, 3.8) is 0 Å². The van der Waals surface area contributed by atoms with E-state index in [1.165, 1.54) is 5.56 Å². The number of amides is 1. The zero-order chi connectivity index (χ0) is 14.4. The summed E-state index contributed by atoms with van der Waals surface area (Å²) in [5.41, 5.74) is 6.12. The SMILES string of the molecule is Cc1cc(C)c(N2Cc3cccc(Cl)c3C2=O)c(C)c1. The molecule has 0 atom stereocenters. The number of carbonyl (C=O) groups excluding carboxylic acids is 1. The number of hydrogen-bond acceptors (Lipinski definition) is 1. The summed E-state index contributed by atoms with van der Waals surface area (Å²) >= 11 is 6.17. The molecule has 1 heterocycles. The zero-order valence-electron chi connectivity index (χ0n) is 11.8. The highest BCUT2D eigenvalue weighted by molar-refractivity contribution is 6.35. The first kappa shape index (κ1) is 13.2. The van der Waals surface area contributed by atoms with Crippen LogP contribution in [0.15, 0.2) is 30.3 Å². The summed E-state index contributed by atoms with van der Waals surface area (Å²) in [6, 6.07) is 9.86. The van der Waals surface area contributed by atoms with Gasteiger partial charge >= 0.3 is 0 Å². The van der Waals surface area contributed by atoms with Gasteiger partial charge in [0.2, 0.25) is 0 Å². The fourth-order valence-electron chi connectivity index (χ4n) is 3.10. The van der Waals surface area contributed by atoms with Crippen LogP contribution in [0.1, 0.15) is 32.6 Å². The van der Waals surface area contributed by atoms with Gasteiger partial charge in [-0.2, -0.15) is 0 Å². The maximum absolute atomic E-state index is 12.6. The lowest BCUT2D eigenvalue weighted by molar-refractivity contribution is 0.0996. The van der Waals surface area contributed by atoms with E-state index < -0.39 is 0 Å². The van der Waals surface area contributed by atoms with Crippen LogP contribution in [0.2, 0.25) is 5.02 Å². The van der Waals surface area contributed by atoms with Gasteiger partial charge in [-0.1, -0.05) is 41.4 Å². The van der Waals surface area contributed by atoms with E-state index in [4.69, 9.17) is 11.6 Å². The van der Waals surface area contributed by atoms with Gasteiger partial charge in [-0.05, 0) is 43.5 Å². The second-order valence-corrected chi connectivity index (χ2v) is 5.82. The van der Waals surface area contributed by atoms with Gasteiger partial charge in [-0.3, -0.25) is 4.79 Å². The number of halogens is 1. The molecule has 0 aromatic heterocycles. The van der Waals surface area contributed by atoms with Crippen molar-refractivity contribution in [1.29, 1.82) is 0 Å². The van der Waals surface area contributed by atoms with Crippen LogP contribution in [0.25, 0.3) is 0 Å². The molecule has 1 aliphatic heterocycles. The molecule has 1 aliphatic rings. The minimum atomic E-state index is 0.000605. The highest BCUT2D eigenvalue weighted by atomic mass is 35.5. The molecule has 2 aromatic rings. The summed E-state index contributed by atoms with van der Waals surface area (Å²) in [4.78, 5) is 14.5. The van der Waals surface area contributed by atoms with Gasteiger partial charge in [0.25, 0.3) is 5.91 Å². The Hall–Kier alpha value is -1.80. The Morgan fingerprint density at radius 1 is 1.10 bits per heavy atom. The standard InChI is InChI=1S/C17H16ClNO/c1-10-7-11(2)16(12(3)8-10)19-9-13-5-4-6-14(18)15(13)17(19)20/h4-8H,9H2,1-3H3. The summed E-state index contributed by atoms with van der Waals surface area (Å²) in [5, 5.41) is 0.539. The quantitative estimate of drug-likeness (QED) is 0.759. The smallest absolute Gasteiger partial charge is 0.260 e. The molecule has 3 rings (SSSR count). The summed E-state index contributed by atoms with van der Waals surface area (Å²) in [6.07, 6.45) is 0. The fourth-order valence-corrected chi connectivity index (χ4v) is 3.37. The maximum Gasteiger partial charge on any atom is 0.260 e. The monoisotopic (exact) mass is 285 g/mol. The van der Waals surface area contributed by atoms with Crippen molar-refractivity contribution in [2.75, 3.05) is 4.90 Å². The molecule has 0 aliphatic carbocycles. The average molecular weight is 286 g/mol. The molecule has 20 heavy (non-hydrogen) atoms. The number of benzene rings is 2. The molecular weight excluding hydrogens is 270 g/mol. The predicted molar refractivity (Wildman–Crippen MR) is 82.6 cm³/mol. The number of carbonyl (C=O) groups is 1. The third-order valence-corrected chi connectivity index (χ3v) is 4.11. The normalized spacial score (nSPS) is 13.8. The Bertz CT molecular complexity index is 698. The summed E-state index contributed by atoms with van der Waals surface area (Å²) < 4.78 is 0. The van der Waals surface area contributed by atoms with Crippen molar-refractivity contribution in [1.82, 2.24) is 0 Å². The van der Waals surface area contributed by atoms with Gasteiger partial charge < -0.3 is 4.90 Å². The molecule has 2 aromatic carbocycles. The Labute approximate surface area is 124 Å². The van der Waals surface area contributed by atoms with Gasteiger partial charge in [0, 0.05) is 0 Å². The highest BCUT2D eigenvalue weighted by Crippen LogP contribution is 2.36. The maximum atomic E-state index is 12.6. The van der Waals surface area contributed by atoms with Crippen molar-refractivity contribution >= 4 is 23.2 Å². The van der Waals surface area contributed by atoms with E-state index in [0.29, 0.717) is 17.1 Å². The third kappa shape index (κ3) is 1.92. The molecule has 102 valence electrons. The average Bonchev–Trinajstić information content (AvgIpc) is 2.67. The topological polar surface area (TPSA) is 20.3 Å². The van der Waals surface area contributed by atoms with Crippen LogP contribution in [0.5, 0.6) is 0 Å². The number of fused-ring (bicyclic) bond motifs is 1. The first-order chi connectivity index (χ1) is 9.49. The van der Waals surface area contributed by atoms with E-state index in [9.17, 15) is 4.79 Å². The minimum absolute atomic E-state index is 0.000605. The van der Waals surface area contributed by atoms with Gasteiger partial charge in [0.15, 0.2) is 0 Å². The molecule has 3 heteroatoms. The Kier molecular flexibility index (Phi) is 3.06. The number of anilines is 1. The molecule has 2 nitrogen and oxygen atoms in total. The van der Waals surface area contributed by atoms with Crippen molar-refractivity contribution in [3.05, 3.63) is 63.2 Å². The van der Waals surface area contributed by atoms with Crippen LogP contribution in [0, 0.1) is 20.8 Å². The van der Waals surface area contributed by atoms with E-state index in [1.807, 2.05) is 30.9 Å². The highest BCUT2D eigenvalue weighted by Gasteiger charge is 2.31.